The van der Waals surface area contributed by atoms with Gasteiger partial charge in [-0.05, 0) is 32.1 Å². The smallest absolute Gasteiger partial charge is 0.249 e. The van der Waals surface area contributed by atoms with Crippen molar-refractivity contribution in [1.29, 1.82) is 0 Å². The van der Waals surface area contributed by atoms with Crippen molar-refractivity contribution in [2.75, 3.05) is 6.61 Å². The fourth-order valence-corrected chi connectivity index (χ4v) is 7.67. The number of carbonyl (C=O) groups excluding carboxylic acids is 1. The molecule has 4 N–H and O–H groups in total. The molecule has 0 rings (SSSR count). The van der Waals surface area contributed by atoms with Crippen LogP contribution in [0.2, 0.25) is 0 Å². The largest absolute Gasteiger partial charge is 0.394 e. The average Bonchev–Trinajstić information content (AvgIpc) is 3.19. The first kappa shape index (κ1) is 53.8. The van der Waals surface area contributed by atoms with Crippen LogP contribution in [-0.4, -0.2) is 46.1 Å². The van der Waals surface area contributed by atoms with Gasteiger partial charge in [0.25, 0.3) is 0 Å². The quantitative estimate of drug-likeness (QED) is 0.0366. The molecule has 0 spiro atoms. The van der Waals surface area contributed by atoms with E-state index in [0.29, 0.717) is 6.42 Å². The van der Waals surface area contributed by atoms with Gasteiger partial charge in [-0.3, -0.25) is 4.79 Å². The molecule has 1 amide bonds. The lowest BCUT2D eigenvalue weighted by Gasteiger charge is -2.21. The molecule has 3 unspecified atom stereocenters. The van der Waals surface area contributed by atoms with E-state index in [4.69, 9.17) is 0 Å². The zero-order valence-electron chi connectivity index (χ0n) is 37.1. The molecule has 5 nitrogen and oxygen atoms in total. The van der Waals surface area contributed by atoms with Gasteiger partial charge in [-0.2, -0.15) is 0 Å². The SMILES string of the molecule is CCCCC/C=C/CC/C=C/C(O)C(CO)NC(=O)C(O)CCCCCCCCCCCCCCCCCCCCCCCCCCCCCCCCCC. The fourth-order valence-electron chi connectivity index (χ4n) is 7.67. The highest BCUT2D eigenvalue weighted by molar-refractivity contribution is 5.80. The van der Waals surface area contributed by atoms with Gasteiger partial charge < -0.3 is 20.6 Å². The second-order valence-corrected chi connectivity index (χ2v) is 17.0. The second kappa shape index (κ2) is 45.5. The lowest BCUT2D eigenvalue weighted by molar-refractivity contribution is -0.131. The number of hydrogen-bond donors (Lipinski definition) is 4. The predicted molar refractivity (Wildman–Crippen MR) is 241 cm³/mol. The van der Waals surface area contributed by atoms with Crippen LogP contribution in [0.3, 0.4) is 0 Å². The number of allylic oxidation sites excluding steroid dienone is 3. The summed E-state index contributed by atoms with van der Waals surface area (Å²) in [5.41, 5.74) is 0. The molecule has 0 saturated heterocycles. The molecule has 0 aromatic heterocycles. The Morgan fingerprint density at radius 3 is 1.11 bits per heavy atom. The molecule has 0 heterocycles. The molecule has 0 aliphatic rings. The van der Waals surface area contributed by atoms with Crippen molar-refractivity contribution in [3.63, 3.8) is 0 Å². The van der Waals surface area contributed by atoms with E-state index in [1.165, 1.54) is 205 Å². The summed E-state index contributed by atoms with van der Waals surface area (Å²) in [4.78, 5) is 12.4. The van der Waals surface area contributed by atoms with Gasteiger partial charge in [0.1, 0.15) is 6.10 Å². The molecule has 5 heteroatoms. The van der Waals surface area contributed by atoms with Crippen molar-refractivity contribution in [3.8, 4) is 0 Å². The third-order valence-corrected chi connectivity index (χ3v) is 11.5. The summed E-state index contributed by atoms with van der Waals surface area (Å²) in [5, 5.41) is 33.0. The monoisotopic (exact) mass is 776 g/mol. The van der Waals surface area contributed by atoms with Gasteiger partial charge in [-0.1, -0.05) is 256 Å². The van der Waals surface area contributed by atoms with Crippen LogP contribution in [0.15, 0.2) is 24.3 Å². The summed E-state index contributed by atoms with van der Waals surface area (Å²) in [6.07, 6.45) is 57.0. The van der Waals surface area contributed by atoms with Crippen molar-refractivity contribution in [3.05, 3.63) is 24.3 Å². The Morgan fingerprint density at radius 1 is 0.436 bits per heavy atom. The minimum atomic E-state index is -1.10. The molecule has 3 atom stereocenters. The van der Waals surface area contributed by atoms with Gasteiger partial charge in [0.2, 0.25) is 5.91 Å². The van der Waals surface area contributed by atoms with E-state index >= 15 is 0 Å². The second-order valence-electron chi connectivity index (χ2n) is 17.0. The van der Waals surface area contributed by atoms with E-state index < -0.39 is 24.2 Å². The van der Waals surface area contributed by atoms with E-state index in [-0.39, 0.29) is 6.61 Å². The minimum Gasteiger partial charge on any atom is -0.394 e. The van der Waals surface area contributed by atoms with Crippen LogP contribution in [0.5, 0.6) is 0 Å². The zero-order chi connectivity index (χ0) is 40.1. The average molecular weight is 776 g/mol. The Labute approximate surface area is 343 Å². The van der Waals surface area contributed by atoms with Gasteiger partial charge in [-0.15, -0.1) is 0 Å². The van der Waals surface area contributed by atoms with Gasteiger partial charge >= 0.3 is 0 Å². The maximum atomic E-state index is 12.4. The Bertz CT molecular complexity index is 814. The standard InChI is InChI=1S/C50H97NO4/c1-3-5-7-9-11-13-14-15-16-17-18-19-20-21-22-23-24-25-26-27-28-29-30-31-32-33-34-35-37-39-41-43-45-49(54)50(55)51-47(46-52)48(53)44-42-40-38-36-12-10-8-6-4-2/h12,36,42,44,47-49,52-54H,3-11,13-35,37-41,43,45-46H2,1-2H3,(H,51,55)/b36-12+,44-42+. The van der Waals surface area contributed by atoms with E-state index in [1.54, 1.807) is 6.08 Å². The third-order valence-electron chi connectivity index (χ3n) is 11.5. The number of aliphatic hydroxyl groups is 3. The van der Waals surface area contributed by atoms with E-state index in [1.807, 2.05) is 6.08 Å². The van der Waals surface area contributed by atoms with Crippen LogP contribution >= 0.6 is 0 Å². The summed E-state index contributed by atoms with van der Waals surface area (Å²) < 4.78 is 0. The number of rotatable bonds is 45. The summed E-state index contributed by atoms with van der Waals surface area (Å²) in [6, 6.07) is -0.809. The summed E-state index contributed by atoms with van der Waals surface area (Å²) in [5.74, 6) is -0.512. The van der Waals surface area contributed by atoms with Crippen molar-refractivity contribution in [2.24, 2.45) is 0 Å². The lowest BCUT2D eigenvalue weighted by atomic mass is 10.0. The molecule has 0 bridgehead atoms. The predicted octanol–water partition coefficient (Wildman–Crippen LogP) is 14.6. The molecular weight excluding hydrogens is 679 g/mol. The number of aliphatic hydroxyl groups excluding tert-OH is 3. The molecule has 326 valence electrons. The van der Waals surface area contributed by atoms with Gasteiger partial charge in [0, 0.05) is 0 Å². The Morgan fingerprint density at radius 2 is 0.745 bits per heavy atom. The zero-order valence-corrected chi connectivity index (χ0v) is 37.1. The highest BCUT2D eigenvalue weighted by atomic mass is 16.3. The van der Waals surface area contributed by atoms with E-state index in [0.717, 1.165) is 38.5 Å². The molecule has 0 saturated carbocycles. The summed E-state index contributed by atoms with van der Waals surface area (Å²) >= 11 is 0. The molecule has 0 fully saturated rings. The molecule has 55 heavy (non-hydrogen) atoms. The number of hydrogen-bond acceptors (Lipinski definition) is 4. The molecule has 0 aliphatic heterocycles. The maximum Gasteiger partial charge on any atom is 0.249 e. The highest BCUT2D eigenvalue weighted by Gasteiger charge is 2.22. The van der Waals surface area contributed by atoms with E-state index in [2.05, 4.69) is 31.3 Å². The highest BCUT2D eigenvalue weighted by Crippen LogP contribution is 2.17. The van der Waals surface area contributed by atoms with Crippen molar-refractivity contribution >= 4 is 5.91 Å². The topological polar surface area (TPSA) is 89.8 Å². The van der Waals surface area contributed by atoms with Crippen LogP contribution in [0.1, 0.15) is 264 Å². The van der Waals surface area contributed by atoms with E-state index in [9.17, 15) is 20.1 Å². The minimum absolute atomic E-state index is 0.374. The van der Waals surface area contributed by atoms with Gasteiger partial charge in [-0.25, -0.2) is 0 Å². The summed E-state index contributed by atoms with van der Waals surface area (Å²) in [6.45, 7) is 4.13. The van der Waals surface area contributed by atoms with Crippen LogP contribution in [0, 0.1) is 0 Å². The van der Waals surface area contributed by atoms with Gasteiger partial charge in [0.05, 0.1) is 18.8 Å². The van der Waals surface area contributed by atoms with Gasteiger partial charge in [0.15, 0.2) is 0 Å². The summed E-state index contributed by atoms with van der Waals surface area (Å²) in [7, 11) is 0. The molecule has 0 aliphatic carbocycles. The third kappa shape index (κ3) is 40.8. The first-order valence-electron chi connectivity index (χ1n) is 24.7. The Hall–Kier alpha value is -1.17. The maximum absolute atomic E-state index is 12.4. The number of nitrogens with one attached hydrogen (secondary N) is 1. The van der Waals surface area contributed by atoms with Crippen LogP contribution in [-0.2, 0) is 4.79 Å². The Balaban J connectivity index is 3.44. The fraction of sp³-hybridized carbons (Fsp3) is 0.900. The molecule has 0 aromatic carbocycles. The van der Waals surface area contributed by atoms with Crippen LogP contribution in [0.4, 0.5) is 0 Å². The first-order valence-corrected chi connectivity index (χ1v) is 24.7. The lowest BCUT2D eigenvalue weighted by Crippen LogP contribution is -2.48. The van der Waals surface area contributed by atoms with Crippen LogP contribution in [0.25, 0.3) is 0 Å². The number of unbranched alkanes of at least 4 members (excludes halogenated alkanes) is 35. The molecule has 0 aromatic rings. The first-order chi connectivity index (χ1) is 27.1. The van der Waals surface area contributed by atoms with Crippen molar-refractivity contribution in [1.82, 2.24) is 5.32 Å². The van der Waals surface area contributed by atoms with Crippen molar-refractivity contribution < 1.29 is 20.1 Å². The number of amides is 1. The molecular formula is C50H97NO4. The van der Waals surface area contributed by atoms with Crippen molar-refractivity contribution in [2.45, 2.75) is 283 Å². The molecule has 0 radical (unpaired) electrons. The Kier molecular flexibility index (Phi) is 44.6. The number of carbonyl (C=O) groups is 1. The normalized spacial score (nSPS) is 13.6. The van der Waals surface area contributed by atoms with Crippen LogP contribution < -0.4 is 5.32 Å².